The Morgan fingerprint density at radius 1 is 1.19 bits per heavy atom. The van der Waals surface area contributed by atoms with E-state index in [0.717, 1.165) is 10.6 Å². The number of nitrogens with zero attached hydrogens (tertiary/aromatic N) is 1. The molecule has 0 aliphatic heterocycles. The Morgan fingerprint density at radius 2 is 1.92 bits per heavy atom. The average Bonchev–Trinajstić information content (AvgIpc) is 2.60. The van der Waals surface area contributed by atoms with E-state index in [2.05, 4.69) is 5.32 Å². The number of anilines is 1. The number of carbonyl (C=O) groups is 2. The number of amides is 2. The van der Waals surface area contributed by atoms with E-state index in [1.807, 2.05) is 24.3 Å². The molecule has 0 aliphatic rings. The summed E-state index contributed by atoms with van der Waals surface area (Å²) in [5.74, 6) is -0.0834. The Kier molecular flexibility index (Phi) is 7.94. The molecule has 0 radical (unpaired) electrons. The maximum Gasteiger partial charge on any atom is 0.243 e. The molecular formula is C19H20ClFN2O2S. The maximum atomic E-state index is 13.1. The van der Waals surface area contributed by atoms with Crippen LogP contribution in [0.1, 0.15) is 12.8 Å². The third kappa shape index (κ3) is 7.06. The normalized spacial score (nSPS) is 10.4. The summed E-state index contributed by atoms with van der Waals surface area (Å²) in [6.45, 7) is -0.0698. The number of likely N-dealkylation sites (N-methyl/N-ethyl adjacent to an activating group) is 1. The number of hydrogen-bond acceptors (Lipinski definition) is 3. The first-order valence-corrected chi connectivity index (χ1v) is 9.48. The van der Waals surface area contributed by atoms with Crippen molar-refractivity contribution in [2.75, 3.05) is 24.7 Å². The van der Waals surface area contributed by atoms with Crippen molar-refractivity contribution in [1.29, 1.82) is 0 Å². The van der Waals surface area contributed by atoms with E-state index in [-0.39, 0.29) is 18.4 Å². The van der Waals surface area contributed by atoms with Gasteiger partial charge in [-0.3, -0.25) is 9.59 Å². The smallest absolute Gasteiger partial charge is 0.243 e. The van der Waals surface area contributed by atoms with Gasteiger partial charge in [0.1, 0.15) is 5.82 Å². The lowest BCUT2D eigenvalue weighted by Crippen LogP contribution is -2.34. The Hall–Kier alpha value is -2.05. The molecule has 0 fully saturated rings. The first-order valence-electron chi connectivity index (χ1n) is 8.12. The summed E-state index contributed by atoms with van der Waals surface area (Å²) in [5.41, 5.74) is 0.371. The largest absolute Gasteiger partial charge is 0.336 e. The number of hydrogen-bond donors (Lipinski definition) is 1. The first-order chi connectivity index (χ1) is 12.4. The highest BCUT2D eigenvalue weighted by Crippen LogP contribution is 2.21. The highest BCUT2D eigenvalue weighted by atomic mass is 35.5. The number of benzene rings is 2. The van der Waals surface area contributed by atoms with Gasteiger partial charge in [0.25, 0.3) is 0 Å². The molecule has 2 aromatic rings. The predicted molar refractivity (Wildman–Crippen MR) is 104 cm³/mol. The van der Waals surface area contributed by atoms with E-state index >= 15 is 0 Å². The lowest BCUT2D eigenvalue weighted by molar-refractivity contribution is -0.133. The quantitative estimate of drug-likeness (QED) is 0.531. The van der Waals surface area contributed by atoms with Crippen LogP contribution >= 0.6 is 23.4 Å². The molecule has 0 heterocycles. The van der Waals surface area contributed by atoms with Crippen molar-refractivity contribution in [2.45, 2.75) is 17.7 Å². The molecule has 2 amide bonds. The van der Waals surface area contributed by atoms with Crippen LogP contribution in [-0.4, -0.2) is 36.1 Å². The molecule has 2 aromatic carbocycles. The van der Waals surface area contributed by atoms with E-state index in [0.29, 0.717) is 23.6 Å². The Morgan fingerprint density at radius 3 is 2.62 bits per heavy atom. The van der Waals surface area contributed by atoms with Gasteiger partial charge >= 0.3 is 0 Å². The zero-order valence-corrected chi connectivity index (χ0v) is 15.9. The van der Waals surface area contributed by atoms with E-state index in [1.165, 1.54) is 23.1 Å². The Labute approximate surface area is 161 Å². The van der Waals surface area contributed by atoms with Crippen LogP contribution in [0.15, 0.2) is 53.4 Å². The summed E-state index contributed by atoms with van der Waals surface area (Å²) >= 11 is 7.49. The zero-order valence-electron chi connectivity index (χ0n) is 14.4. The fourth-order valence-electron chi connectivity index (χ4n) is 2.21. The molecular weight excluding hydrogens is 375 g/mol. The van der Waals surface area contributed by atoms with Crippen molar-refractivity contribution < 1.29 is 14.0 Å². The fourth-order valence-corrected chi connectivity index (χ4v) is 3.18. The SMILES string of the molecule is CN(CC(=O)Nc1cccc(F)c1)C(=O)CCCSc1ccc(Cl)cc1. The first kappa shape index (κ1) is 20.3. The van der Waals surface area contributed by atoms with Gasteiger partial charge in [-0.1, -0.05) is 17.7 Å². The van der Waals surface area contributed by atoms with Crippen molar-refractivity contribution in [3.05, 3.63) is 59.4 Å². The van der Waals surface area contributed by atoms with Crippen molar-refractivity contribution in [3.8, 4) is 0 Å². The Balaban J connectivity index is 1.68. The van der Waals surface area contributed by atoms with Crippen LogP contribution in [0.2, 0.25) is 5.02 Å². The average molecular weight is 395 g/mol. The summed E-state index contributed by atoms with van der Waals surface area (Å²) in [6.07, 6.45) is 1.08. The number of halogens is 2. The van der Waals surface area contributed by atoms with Gasteiger partial charge in [-0.2, -0.15) is 0 Å². The van der Waals surface area contributed by atoms with Crippen LogP contribution < -0.4 is 5.32 Å². The van der Waals surface area contributed by atoms with E-state index in [4.69, 9.17) is 11.6 Å². The van der Waals surface area contributed by atoms with Crippen LogP contribution in [0, 0.1) is 5.82 Å². The molecule has 26 heavy (non-hydrogen) atoms. The minimum absolute atomic E-state index is 0.0698. The molecule has 1 N–H and O–H groups in total. The van der Waals surface area contributed by atoms with Gasteiger partial charge in [0.05, 0.1) is 6.54 Å². The predicted octanol–water partition coefficient (Wildman–Crippen LogP) is 4.45. The molecule has 0 aromatic heterocycles. The van der Waals surface area contributed by atoms with Crippen molar-refractivity contribution >= 4 is 40.9 Å². The topological polar surface area (TPSA) is 49.4 Å². The Bertz CT molecular complexity index is 755. The molecule has 0 bridgehead atoms. The number of thioether (sulfide) groups is 1. The number of nitrogens with one attached hydrogen (secondary N) is 1. The third-order valence-electron chi connectivity index (χ3n) is 3.53. The highest BCUT2D eigenvalue weighted by molar-refractivity contribution is 7.99. The zero-order chi connectivity index (χ0) is 18.9. The molecule has 0 atom stereocenters. The minimum Gasteiger partial charge on any atom is -0.336 e. The molecule has 0 unspecified atom stereocenters. The van der Waals surface area contributed by atoms with Crippen LogP contribution in [0.5, 0.6) is 0 Å². The third-order valence-corrected chi connectivity index (χ3v) is 4.88. The summed E-state index contributed by atoms with van der Waals surface area (Å²) in [6, 6.07) is 13.2. The second-order valence-corrected chi connectivity index (χ2v) is 7.32. The van der Waals surface area contributed by atoms with Crippen molar-refractivity contribution in [2.24, 2.45) is 0 Å². The molecule has 2 rings (SSSR count). The molecule has 4 nitrogen and oxygen atoms in total. The van der Waals surface area contributed by atoms with Crippen molar-refractivity contribution in [1.82, 2.24) is 4.90 Å². The summed E-state index contributed by atoms with van der Waals surface area (Å²) < 4.78 is 13.1. The van der Waals surface area contributed by atoms with Gasteiger partial charge in [0.15, 0.2) is 0 Å². The molecule has 0 saturated carbocycles. The number of rotatable bonds is 8. The lowest BCUT2D eigenvalue weighted by atomic mass is 10.3. The minimum atomic E-state index is -0.426. The van der Waals surface area contributed by atoms with Gasteiger partial charge in [0, 0.05) is 29.1 Å². The van der Waals surface area contributed by atoms with Crippen molar-refractivity contribution in [3.63, 3.8) is 0 Å². The highest BCUT2D eigenvalue weighted by Gasteiger charge is 2.13. The van der Waals surface area contributed by atoms with E-state index in [9.17, 15) is 14.0 Å². The van der Waals surface area contributed by atoms with E-state index < -0.39 is 5.82 Å². The van der Waals surface area contributed by atoms with Gasteiger partial charge in [0.2, 0.25) is 11.8 Å². The fraction of sp³-hybridized carbons (Fsp3) is 0.263. The second kappa shape index (κ2) is 10.2. The molecule has 0 spiro atoms. The van der Waals surface area contributed by atoms with Gasteiger partial charge in [-0.15, -0.1) is 11.8 Å². The molecule has 0 saturated heterocycles. The summed E-state index contributed by atoms with van der Waals surface area (Å²) in [5, 5.41) is 3.27. The van der Waals surface area contributed by atoms with Crippen LogP contribution in [0.25, 0.3) is 0 Å². The maximum absolute atomic E-state index is 13.1. The van der Waals surface area contributed by atoms with Crippen LogP contribution in [-0.2, 0) is 9.59 Å². The molecule has 138 valence electrons. The second-order valence-electron chi connectivity index (χ2n) is 5.71. The van der Waals surface area contributed by atoms with Gasteiger partial charge < -0.3 is 10.2 Å². The standard InChI is InChI=1S/C19H20ClFN2O2S/c1-23(13-18(24)22-16-5-2-4-15(21)12-16)19(25)6-3-11-26-17-9-7-14(20)8-10-17/h2,4-5,7-10,12H,3,6,11,13H2,1H3,(H,22,24). The van der Waals surface area contributed by atoms with E-state index in [1.54, 1.807) is 24.9 Å². The monoisotopic (exact) mass is 394 g/mol. The summed E-state index contributed by atoms with van der Waals surface area (Å²) in [4.78, 5) is 26.5. The van der Waals surface area contributed by atoms with Crippen LogP contribution in [0.3, 0.4) is 0 Å². The lowest BCUT2D eigenvalue weighted by Gasteiger charge is -2.16. The summed E-state index contributed by atoms with van der Waals surface area (Å²) in [7, 11) is 1.58. The number of carbonyl (C=O) groups excluding carboxylic acids is 2. The van der Waals surface area contributed by atoms with Gasteiger partial charge in [-0.25, -0.2) is 4.39 Å². The molecule has 0 aliphatic carbocycles. The van der Waals surface area contributed by atoms with Gasteiger partial charge in [-0.05, 0) is 54.6 Å². The molecule has 7 heteroatoms. The van der Waals surface area contributed by atoms with Crippen LogP contribution in [0.4, 0.5) is 10.1 Å².